The number of alkyl halides is 3. The molecule has 23 heavy (non-hydrogen) atoms. The summed E-state index contributed by atoms with van der Waals surface area (Å²) in [6.07, 6.45) is -4.07. The van der Waals surface area contributed by atoms with Gasteiger partial charge in [-0.05, 0) is 32.9 Å². The predicted octanol–water partition coefficient (Wildman–Crippen LogP) is 4.57. The van der Waals surface area contributed by atoms with Crippen LogP contribution < -0.4 is 5.32 Å². The standard InChI is InChI=1S/C14H14F3N3O2S/c1-13(2,3)22-12(21)20-11-19-10(7-23-11)9-6-8(4-5-18-9)14(15,16)17/h4-7H,1-3H3,(H,19,20,21). The average molecular weight is 345 g/mol. The molecule has 0 saturated carbocycles. The first-order valence-electron chi connectivity index (χ1n) is 6.54. The minimum Gasteiger partial charge on any atom is -0.444 e. The number of rotatable bonds is 2. The number of ether oxygens (including phenoxy) is 1. The van der Waals surface area contributed by atoms with Gasteiger partial charge in [0.25, 0.3) is 0 Å². The SMILES string of the molecule is CC(C)(C)OC(=O)Nc1nc(-c2cc(C(F)(F)F)ccn2)cs1. The molecule has 2 heterocycles. The summed E-state index contributed by atoms with van der Waals surface area (Å²) in [7, 11) is 0. The largest absolute Gasteiger partial charge is 0.444 e. The summed E-state index contributed by atoms with van der Waals surface area (Å²) < 4.78 is 43.2. The highest BCUT2D eigenvalue weighted by molar-refractivity contribution is 7.14. The molecule has 2 aromatic heterocycles. The van der Waals surface area contributed by atoms with Gasteiger partial charge < -0.3 is 4.74 Å². The van der Waals surface area contributed by atoms with E-state index in [9.17, 15) is 18.0 Å². The summed E-state index contributed by atoms with van der Waals surface area (Å²) in [4.78, 5) is 19.6. The van der Waals surface area contributed by atoms with E-state index < -0.39 is 23.4 Å². The Bertz CT molecular complexity index is 708. The minimum absolute atomic E-state index is 0.0771. The van der Waals surface area contributed by atoms with Crippen molar-refractivity contribution in [3.63, 3.8) is 0 Å². The highest BCUT2D eigenvalue weighted by Gasteiger charge is 2.31. The van der Waals surface area contributed by atoms with E-state index in [0.717, 1.165) is 29.7 Å². The first kappa shape index (κ1) is 17.2. The molecule has 0 aliphatic rings. The summed E-state index contributed by atoms with van der Waals surface area (Å²) in [5, 5.41) is 4.16. The fourth-order valence-corrected chi connectivity index (χ4v) is 2.28. The van der Waals surface area contributed by atoms with Crippen molar-refractivity contribution < 1.29 is 22.7 Å². The number of nitrogens with one attached hydrogen (secondary N) is 1. The summed E-state index contributed by atoms with van der Waals surface area (Å²) in [5.74, 6) is 0. The maximum absolute atomic E-state index is 12.7. The maximum atomic E-state index is 12.7. The van der Waals surface area contributed by atoms with Crippen LogP contribution in [0.25, 0.3) is 11.4 Å². The van der Waals surface area contributed by atoms with Gasteiger partial charge in [-0.25, -0.2) is 9.78 Å². The normalized spacial score (nSPS) is 12.1. The number of hydrogen-bond donors (Lipinski definition) is 1. The van der Waals surface area contributed by atoms with Crippen LogP contribution in [-0.4, -0.2) is 21.7 Å². The molecule has 2 rings (SSSR count). The van der Waals surface area contributed by atoms with Gasteiger partial charge in [-0.1, -0.05) is 0 Å². The van der Waals surface area contributed by atoms with Crippen LogP contribution in [0, 0.1) is 0 Å². The molecule has 0 spiro atoms. The topological polar surface area (TPSA) is 64.1 Å². The molecule has 0 atom stereocenters. The molecule has 2 aromatic rings. The molecule has 0 radical (unpaired) electrons. The third-order valence-corrected chi connectivity index (χ3v) is 3.22. The number of hydrogen-bond acceptors (Lipinski definition) is 5. The van der Waals surface area contributed by atoms with Crippen LogP contribution in [0.2, 0.25) is 0 Å². The summed E-state index contributed by atoms with van der Waals surface area (Å²) in [6.45, 7) is 5.14. The highest BCUT2D eigenvalue weighted by Crippen LogP contribution is 2.32. The van der Waals surface area contributed by atoms with Crippen molar-refractivity contribution in [3.8, 4) is 11.4 Å². The Morgan fingerprint density at radius 2 is 1.96 bits per heavy atom. The second kappa shape index (κ2) is 6.15. The quantitative estimate of drug-likeness (QED) is 0.866. The number of carbonyl (C=O) groups excluding carboxylic acids is 1. The van der Waals surface area contributed by atoms with Gasteiger partial charge in [0.2, 0.25) is 0 Å². The fourth-order valence-electron chi connectivity index (χ4n) is 1.59. The average Bonchev–Trinajstić information content (AvgIpc) is 2.84. The molecule has 0 aliphatic heterocycles. The molecule has 1 N–H and O–H groups in total. The van der Waals surface area contributed by atoms with E-state index >= 15 is 0 Å². The first-order chi connectivity index (χ1) is 10.5. The van der Waals surface area contributed by atoms with Crippen LogP contribution in [0.4, 0.5) is 23.1 Å². The molecular weight excluding hydrogens is 331 g/mol. The first-order valence-corrected chi connectivity index (χ1v) is 7.42. The van der Waals surface area contributed by atoms with Gasteiger partial charge in [0.05, 0.1) is 11.3 Å². The monoisotopic (exact) mass is 345 g/mol. The number of thiazole rings is 1. The Balaban J connectivity index is 2.15. The zero-order valence-electron chi connectivity index (χ0n) is 12.6. The number of aromatic nitrogens is 2. The smallest absolute Gasteiger partial charge is 0.416 e. The Morgan fingerprint density at radius 1 is 1.26 bits per heavy atom. The van der Waals surface area contributed by atoms with Gasteiger partial charge >= 0.3 is 12.3 Å². The van der Waals surface area contributed by atoms with Crippen LogP contribution in [0.3, 0.4) is 0 Å². The van der Waals surface area contributed by atoms with E-state index in [1.54, 1.807) is 20.8 Å². The van der Waals surface area contributed by atoms with Crippen LogP contribution in [0.5, 0.6) is 0 Å². The van der Waals surface area contributed by atoms with E-state index in [1.807, 2.05) is 0 Å². The van der Waals surface area contributed by atoms with Gasteiger partial charge in [0.15, 0.2) is 5.13 Å². The van der Waals surface area contributed by atoms with Crippen molar-refractivity contribution in [1.82, 2.24) is 9.97 Å². The second-order valence-electron chi connectivity index (χ2n) is 5.59. The molecule has 0 fully saturated rings. The molecule has 9 heteroatoms. The van der Waals surface area contributed by atoms with Crippen LogP contribution >= 0.6 is 11.3 Å². The second-order valence-corrected chi connectivity index (χ2v) is 6.45. The molecule has 0 unspecified atom stereocenters. The van der Waals surface area contributed by atoms with Crippen LogP contribution in [0.1, 0.15) is 26.3 Å². The zero-order chi connectivity index (χ0) is 17.3. The maximum Gasteiger partial charge on any atom is 0.416 e. The van der Waals surface area contributed by atoms with E-state index in [0.29, 0.717) is 0 Å². The molecule has 0 aliphatic carbocycles. The number of halogens is 3. The van der Waals surface area contributed by atoms with Crippen molar-refractivity contribution >= 4 is 22.6 Å². The highest BCUT2D eigenvalue weighted by atomic mass is 32.1. The molecule has 0 saturated heterocycles. The van der Waals surface area contributed by atoms with Gasteiger partial charge in [0.1, 0.15) is 11.3 Å². The van der Waals surface area contributed by atoms with Crippen molar-refractivity contribution in [1.29, 1.82) is 0 Å². The van der Waals surface area contributed by atoms with E-state index in [2.05, 4.69) is 15.3 Å². The number of amides is 1. The van der Waals surface area contributed by atoms with Gasteiger partial charge in [-0.2, -0.15) is 13.2 Å². The van der Waals surface area contributed by atoms with Crippen LogP contribution in [0.15, 0.2) is 23.7 Å². The summed E-state index contributed by atoms with van der Waals surface area (Å²) in [5.41, 5.74) is -1.15. The molecule has 0 bridgehead atoms. The molecule has 124 valence electrons. The van der Waals surface area contributed by atoms with E-state index in [4.69, 9.17) is 4.74 Å². The Kier molecular flexibility index (Phi) is 4.60. The van der Waals surface area contributed by atoms with Crippen molar-refractivity contribution in [2.24, 2.45) is 0 Å². The van der Waals surface area contributed by atoms with Crippen molar-refractivity contribution in [2.75, 3.05) is 5.32 Å². The molecular formula is C14H14F3N3O2S. The van der Waals surface area contributed by atoms with E-state index in [-0.39, 0.29) is 16.5 Å². The molecule has 0 aromatic carbocycles. The van der Waals surface area contributed by atoms with Crippen molar-refractivity contribution in [2.45, 2.75) is 32.5 Å². The van der Waals surface area contributed by atoms with Crippen molar-refractivity contribution in [3.05, 3.63) is 29.3 Å². The lowest BCUT2D eigenvalue weighted by Crippen LogP contribution is -2.27. The number of nitrogens with zero attached hydrogens (tertiary/aromatic N) is 2. The summed E-state index contributed by atoms with van der Waals surface area (Å²) >= 11 is 1.07. The lowest BCUT2D eigenvalue weighted by Gasteiger charge is -2.18. The Morgan fingerprint density at radius 3 is 2.57 bits per heavy atom. The number of anilines is 1. The predicted molar refractivity (Wildman–Crippen MR) is 80.2 cm³/mol. The minimum atomic E-state index is -4.45. The number of carbonyl (C=O) groups is 1. The third kappa shape index (κ3) is 4.92. The summed E-state index contributed by atoms with van der Waals surface area (Å²) in [6, 6.07) is 1.79. The number of pyridine rings is 1. The molecule has 5 nitrogen and oxygen atoms in total. The Labute approximate surface area is 134 Å². The lowest BCUT2D eigenvalue weighted by molar-refractivity contribution is -0.137. The molecule has 1 amide bonds. The zero-order valence-corrected chi connectivity index (χ0v) is 13.4. The van der Waals surface area contributed by atoms with Gasteiger partial charge in [-0.3, -0.25) is 10.3 Å². The van der Waals surface area contributed by atoms with Crippen LogP contribution in [-0.2, 0) is 10.9 Å². The lowest BCUT2D eigenvalue weighted by atomic mass is 10.2. The van der Waals surface area contributed by atoms with E-state index in [1.165, 1.54) is 5.38 Å². The fraction of sp³-hybridized carbons (Fsp3) is 0.357. The van der Waals surface area contributed by atoms with Gasteiger partial charge in [0, 0.05) is 11.6 Å². The Hall–Kier alpha value is -2.16. The van der Waals surface area contributed by atoms with Gasteiger partial charge in [-0.15, -0.1) is 11.3 Å². The third-order valence-electron chi connectivity index (χ3n) is 2.46.